The number of benzene rings is 3. The molecule has 23 heteroatoms. The van der Waals surface area contributed by atoms with Gasteiger partial charge in [-0.1, -0.05) is 12.1 Å². The minimum Gasteiger partial charge on any atom is -0.488 e. The van der Waals surface area contributed by atoms with Crippen molar-refractivity contribution >= 4 is 45.9 Å². The lowest BCUT2D eigenvalue weighted by Crippen LogP contribution is -2.61. The van der Waals surface area contributed by atoms with Crippen LogP contribution in [-0.2, 0) is 49.5 Å². The van der Waals surface area contributed by atoms with Gasteiger partial charge in [0.2, 0.25) is 18.1 Å². The number of carboxylic acid groups (broad SMARTS) is 1. The summed E-state index contributed by atoms with van der Waals surface area (Å²) in [4.78, 5) is 66.4. The number of carbonyl (C=O) groups excluding carboxylic acids is 4. The summed E-state index contributed by atoms with van der Waals surface area (Å²) < 4.78 is 35.0. The van der Waals surface area contributed by atoms with E-state index in [1.54, 1.807) is 18.2 Å². The number of likely N-dealkylation sites (tertiary alicyclic amines) is 1. The first-order valence-corrected chi connectivity index (χ1v) is 25.6. The normalized spacial score (nSPS) is 20.9. The van der Waals surface area contributed by atoms with Gasteiger partial charge in [0.15, 0.2) is 23.5 Å². The molecule has 412 valence electrons. The van der Waals surface area contributed by atoms with Crippen LogP contribution in [0.3, 0.4) is 0 Å². The van der Waals surface area contributed by atoms with Gasteiger partial charge in [-0.3, -0.25) is 29.4 Å². The number of anilines is 1. The predicted molar refractivity (Wildman–Crippen MR) is 276 cm³/mol. The van der Waals surface area contributed by atoms with Crippen molar-refractivity contribution in [3.63, 3.8) is 0 Å². The lowest BCUT2D eigenvalue weighted by molar-refractivity contribution is -0.945. The van der Waals surface area contributed by atoms with Crippen LogP contribution in [0, 0.1) is 13.3 Å². The topological polar surface area (TPSA) is 316 Å². The van der Waals surface area contributed by atoms with Gasteiger partial charge in [0, 0.05) is 65.6 Å². The highest BCUT2D eigenvalue weighted by atomic mass is 16.7. The number of allylic oxidation sites excluding steroid dienone is 2. The van der Waals surface area contributed by atoms with Crippen LogP contribution in [0.25, 0.3) is 33.5 Å². The maximum absolute atomic E-state index is 13.5. The Morgan fingerprint density at radius 2 is 1.53 bits per heavy atom. The van der Waals surface area contributed by atoms with E-state index in [-0.39, 0.29) is 82.2 Å². The number of ether oxygens (including phenoxy) is 6. The number of aliphatic carboxylic acids is 1. The van der Waals surface area contributed by atoms with Gasteiger partial charge in [-0.25, -0.2) is 9.78 Å². The molecule has 77 heavy (non-hydrogen) atoms. The Morgan fingerprint density at radius 3 is 2.27 bits per heavy atom. The zero-order valence-electron chi connectivity index (χ0n) is 42.8. The number of hydrogen-bond acceptors (Lipinski definition) is 17. The zero-order chi connectivity index (χ0) is 53.2. The molecule has 0 saturated carbocycles. The third-order valence-corrected chi connectivity index (χ3v) is 14.1. The van der Waals surface area contributed by atoms with Crippen LogP contribution in [0.5, 0.6) is 11.5 Å². The molecule has 0 spiro atoms. The number of amides is 2. The molecule has 8 N–H and O–H groups in total. The summed E-state index contributed by atoms with van der Waals surface area (Å²) in [5.41, 5.74) is 5.76. The third-order valence-electron chi connectivity index (χ3n) is 14.1. The highest BCUT2D eigenvalue weighted by Gasteiger charge is 2.49. The molecule has 0 radical (unpaired) electrons. The van der Waals surface area contributed by atoms with Gasteiger partial charge in [-0.15, -0.1) is 0 Å². The largest absolute Gasteiger partial charge is 0.488 e. The van der Waals surface area contributed by atoms with Gasteiger partial charge in [0.1, 0.15) is 61.5 Å². The van der Waals surface area contributed by atoms with Crippen LogP contribution in [0.1, 0.15) is 50.5 Å². The number of hydrogen-bond donors (Lipinski definition) is 8. The summed E-state index contributed by atoms with van der Waals surface area (Å²) >= 11 is 0. The Balaban J connectivity index is 0.00000784. The van der Waals surface area contributed by atoms with Gasteiger partial charge in [-0.05, 0) is 74.2 Å². The Hall–Kier alpha value is -6.96. The van der Waals surface area contributed by atoms with E-state index < -0.39 is 48.5 Å². The van der Waals surface area contributed by atoms with Crippen molar-refractivity contribution in [3.8, 4) is 34.1 Å². The highest BCUT2D eigenvalue weighted by Crippen LogP contribution is 2.44. The second-order valence-electron chi connectivity index (χ2n) is 19.4. The van der Waals surface area contributed by atoms with Crippen LogP contribution in [0.2, 0.25) is 0 Å². The molecule has 5 aromatic rings. The summed E-state index contributed by atoms with van der Waals surface area (Å²) in [7, 11) is 0. The molecule has 2 amide bonds. The standard InChI is InChI=1S/C53H62N8O15.CH3/c62-42(13-19-72-22-24-73-23-21-71-18-12-35-45(64)36-28-37(36)46(35)65)54-14-11-43(63)57-40-25-31(7-10-41(40)75-53-49(68)47(66)48(67)50(76-53)52(69)70)29-61(15-2-1-3-16-61)17-20-74-34-6-4-5-32(26-34)44-38-27-33(51-55-30-56-60-51)8-9-39(38)58-59-44;/h4-10,25-27,30,35,47-50,53,66-68H,1-3,11-24,28-29H2,(H4-,54,55,56,57,58,59,60,62,63,64,65,69,70);1H3/q;-1/p+1/t47-,48-,49+,50-,53+;/m0./s1. The second kappa shape index (κ2) is 25.9. The molecule has 0 unspecified atom stereocenters. The van der Waals surface area contributed by atoms with Crippen LogP contribution in [0.15, 0.2) is 78.1 Å². The molecule has 4 aliphatic rings. The quantitative estimate of drug-likeness (QED) is 0.0162. The first kappa shape index (κ1) is 56.2. The average molecular weight is 1070 g/mol. The molecule has 4 heterocycles. The Morgan fingerprint density at radius 1 is 0.779 bits per heavy atom. The van der Waals surface area contributed by atoms with E-state index in [1.165, 1.54) is 6.33 Å². The number of carbonyl (C=O) groups is 5. The van der Waals surface area contributed by atoms with Gasteiger partial charge >= 0.3 is 5.97 Å². The first-order chi connectivity index (χ1) is 36.9. The number of aromatic nitrogens is 5. The Kier molecular flexibility index (Phi) is 18.9. The van der Waals surface area contributed by atoms with Crippen molar-refractivity contribution in [2.75, 3.05) is 77.7 Å². The molecule has 5 atom stereocenters. The van der Waals surface area contributed by atoms with Gasteiger partial charge < -0.3 is 71.4 Å². The van der Waals surface area contributed by atoms with E-state index in [0.717, 1.165) is 65.6 Å². The SMILES string of the molecule is O=C(CCOCCOCCOCCC1C(=O)C2=C(C2)C1=O)NCCC(=O)Nc1cc(C[N+]2(CCOc3cccc(-c4n[nH]c5ccc(-c6ncn[nH]6)cc45)c3)CCCCC2)ccc1O[C@@H]1O[C@H](C(=O)O)[C@@H](O)[C@H](O)[C@H]1O.[CH3-]. The number of aliphatic hydroxyl groups excluding tert-OH is 3. The van der Waals surface area contributed by atoms with Crippen molar-refractivity contribution in [3.05, 3.63) is 91.1 Å². The number of Topliss-reactive ketones (excluding diaryl/α,β-unsaturated/α-hetero) is 2. The number of H-pyrrole nitrogens is 2. The van der Waals surface area contributed by atoms with Crippen molar-refractivity contribution in [1.82, 2.24) is 30.7 Å². The number of aliphatic hydroxyl groups is 3. The summed E-state index contributed by atoms with van der Waals surface area (Å²) in [6.07, 6.45) is -3.96. The zero-order valence-corrected chi connectivity index (χ0v) is 42.8. The number of rotatable bonds is 27. The first-order valence-electron chi connectivity index (χ1n) is 25.6. The van der Waals surface area contributed by atoms with E-state index in [9.17, 15) is 44.4 Å². The molecule has 9 rings (SSSR count). The van der Waals surface area contributed by atoms with E-state index in [1.807, 2.05) is 42.5 Å². The number of carboxylic acids is 1. The molecule has 2 aliphatic heterocycles. The predicted octanol–water partition coefficient (Wildman–Crippen LogP) is 3.06. The number of aromatic amines is 2. The highest BCUT2D eigenvalue weighted by molar-refractivity contribution is 6.30. The van der Waals surface area contributed by atoms with Crippen molar-refractivity contribution in [2.45, 2.75) is 82.2 Å². The molecular formula is C54H66N8O15. The molecule has 3 aromatic carbocycles. The van der Waals surface area contributed by atoms with E-state index in [2.05, 4.69) is 36.0 Å². The van der Waals surface area contributed by atoms with E-state index in [4.69, 9.17) is 28.4 Å². The fourth-order valence-electron chi connectivity index (χ4n) is 9.93. The molecule has 2 saturated heterocycles. The summed E-state index contributed by atoms with van der Waals surface area (Å²) in [6.45, 7) is 4.88. The third kappa shape index (κ3) is 14.0. The molecule has 23 nitrogen and oxygen atoms in total. The number of nitrogens with zero attached hydrogens (tertiary/aromatic N) is 4. The Labute approximate surface area is 443 Å². The molecule has 0 bridgehead atoms. The molecule has 2 aromatic heterocycles. The minimum absolute atomic E-state index is 0. The summed E-state index contributed by atoms with van der Waals surface area (Å²) in [5.74, 6) is -1.78. The maximum Gasteiger partial charge on any atom is 0.335 e. The number of piperidine rings is 1. The van der Waals surface area contributed by atoms with Gasteiger partial charge in [0.05, 0.1) is 63.2 Å². The monoisotopic (exact) mass is 1070 g/mol. The fourth-order valence-corrected chi connectivity index (χ4v) is 9.93. The molecule has 2 aliphatic carbocycles. The molecular weight excluding hydrogens is 1000 g/mol. The lowest BCUT2D eigenvalue weighted by Gasteiger charge is -2.41. The van der Waals surface area contributed by atoms with Gasteiger partial charge in [-0.2, -0.15) is 10.2 Å². The van der Waals surface area contributed by atoms with Crippen molar-refractivity contribution in [1.29, 1.82) is 0 Å². The van der Waals surface area contributed by atoms with Crippen LogP contribution in [0.4, 0.5) is 5.69 Å². The molecule has 2 fully saturated rings. The fraction of sp³-hybridized carbons (Fsp3) is 0.463. The smallest absolute Gasteiger partial charge is 0.335 e. The van der Waals surface area contributed by atoms with Crippen molar-refractivity contribution in [2.24, 2.45) is 5.92 Å². The number of ketones is 2. The van der Waals surface area contributed by atoms with Gasteiger partial charge in [0.25, 0.3) is 0 Å². The number of nitrogens with one attached hydrogen (secondary N) is 4. The summed E-state index contributed by atoms with van der Waals surface area (Å²) in [6, 6.07) is 18.8. The van der Waals surface area contributed by atoms with E-state index in [0.29, 0.717) is 73.0 Å². The maximum atomic E-state index is 13.5. The number of fused-ring (bicyclic) bond motifs is 1. The Bertz CT molecular complexity index is 2880. The van der Waals surface area contributed by atoms with Crippen LogP contribution >= 0.6 is 0 Å². The van der Waals surface area contributed by atoms with Crippen LogP contribution in [-0.4, -0.2) is 183 Å². The lowest BCUT2D eigenvalue weighted by atomic mass is 9.95. The second-order valence-corrected chi connectivity index (χ2v) is 19.4. The number of quaternary nitrogens is 1. The average Bonchev–Trinajstić information content (AvgIpc) is 3.69. The van der Waals surface area contributed by atoms with Crippen LogP contribution < -0.4 is 20.1 Å². The van der Waals surface area contributed by atoms with E-state index >= 15 is 0 Å². The minimum atomic E-state index is -1.93. The summed E-state index contributed by atoms with van der Waals surface area (Å²) in [5, 5.41) is 62.3. The van der Waals surface area contributed by atoms with Crippen molar-refractivity contribution < 1.29 is 77.3 Å².